The van der Waals surface area contributed by atoms with Gasteiger partial charge in [-0.1, -0.05) is 41.9 Å². The first-order valence-electron chi connectivity index (χ1n) is 8.67. The topological polar surface area (TPSA) is 49.5 Å². The standard InChI is InChI=1S/C20H25ClN2O/c21-19-12-16-8-11-23(10-5-4-9-22)14-18(17(16)13-20(19)24)15-6-2-1-3-7-15/h1-3,6-7,12-13,18,24H,4-5,8-11,14,22H2. The Balaban J connectivity index is 1.93. The molecule has 4 heteroatoms. The number of hydrogen-bond acceptors (Lipinski definition) is 3. The fourth-order valence-corrected chi connectivity index (χ4v) is 3.73. The average molecular weight is 345 g/mol. The first-order valence-corrected chi connectivity index (χ1v) is 9.05. The summed E-state index contributed by atoms with van der Waals surface area (Å²) in [6.45, 7) is 3.79. The number of halogens is 1. The molecule has 128 valence electrons. The Hall–Kier alpha value is -1.55. The number of aromatic hydroxyl groups is 1. The molecule has 2 aromatic carbocycles. The molecule has 2 aromatic rings. The maximum Gasteiger partial charge on any atom is 0.134 e. The van der Waals surface area contributed by atoms with Crippen LogP contribution in [0.1, 0.15) is 35.4 Å². The number of benzene rings is 2. The van der Waals surface area contributed by atoms with Crippen molar-refractivity contribution >= 4 is 11.6 Å². The van der Waals surface area contributed by atoms with Crippen LogP contribution in [0.4, 0.5) is 0 Å². The van der Waals surface area contributed by atoms with Gasteiger partial charge in [0.2, 0.25) is 0 Å². The summed E-state index contributed by atoms with van der Waals surface area (Å²) < 4.78 is 0. The van der Waals surface area contributed by atoms with Gasteiger partial charge in [0, 0.05) is 19.0 Å². The van der Waals surface area contributed by atoms with Crippen LogP contribution in [0.25, 0.3) is 0 Å². The van der Waals surface area contributed by atoms with Crippen LogP contribution >= 0.6 is 11.6 Å². The van der Waals surface area contributed by atoms with Crippen molar-refractivity contribution in [2.24, 2.45) is 5.73 Å². The number of nitrogens with two attached hydrogens (primary N) is 1. The van der Waals surface area contributed by atoms with Crippen LogP contribution in [-0.4, -0.2) is 36.2 Å². The van der Waals surface area contributed by atoms with Gasteiger partial charge in [-0.25, -0.2) is 0 Å². The molecule has 0 aromatic heterocycles. The first kappa shape index (κ1) is 17.3. The van der Waals surface area contributed by atoms with Gasteiger partial charge >= 0.3 is 0 Å². The van der Waals surface area contributed by atoms with E-state index in [0.29, 0.717) is 5.02 Å². The van der Waals surface area contributed by atoms with Crippen LogP contribution in [-0.2, 0) is 6.42 Å². The van der Waals surface area contributed by atoms with Crippen molar-refractivity contribution in [3.05, 3.63) is 64.2 Å². The zero-order chi connectivity index (χ0) is 16.9. The predicted octanol–water partition coefficient (Wildman–Crippen LogP) is 3.77. The van der Waals surface area contributed by atoms with Crippen molar-refractivity contribution in [1.29, 1.82) is 0 Å². The fourth-order valence-electron chi connectivity index (χ4n) is 3.54. The zero-order valence-corrected chi connectivity index (χ0v) is 14.7. The molecule has 3 rings (SSSR count). The molecule has 0 radical (unpaired) electrons. The minimum absolute atomic E-state index is 0.174. The lowest BCUT2D eigenvalue weighted by Crippen LogP contribution is -2.30. The second kappa shape index (κ2) is 8.02. The Kier molecular flexibility index (Phi) is 5.77. The minimum atomic E-state index is 0.174. The Morgan fingerprint density at radius 2 is 1.96 bits per heavy atom. The minimum Gasteiger partial charge on any atom is -0.506 e. The highest BCUT2D eigenvalue weighted by Crippen LogP contribution is 2.36. The van der Waals surface area contributed by atoms with Gasteiger partial charge in [-0.05, 0) is 61.2 Å². The van der Waals surface area contributed by atoms with Crippen molar-refractivity contribution in [3.63, 3.8) is 0 Å². The molecular weight excluding hydrogens is 320 g/mol. The molecule has 1 heterocycles. The Morgan fingerprint density at radius 1 is 1.17 bits per heavy atom. The summed E-state index contributed by atoms with van der Waals surface area (Å²) >= 11 is 6.15. The Labute approximate surface area is 149 Å². The predicted molar refractivity (Wildman–Crippen MR) is 99.8 cm³/mol. The second-order valence-electron chi connectivity index (χ2n) is 6.51. The van der Waals surface area contributed by atoms with Gasteiger partial charge in [0.1, 0.15) is 5.75 Å². The van der Waals surface area contributed by atoms with Gasteiger partial charge in [-0.3, -0.25) is 0 Å². The monoisotopic (exact) mass is 344 g/mol. The molecule has 0 fully saturated rings. The molecule has 0 aliphatic carbocycles. The summed E-state index contributed by atoms with van der Waals surface area (Å²) in [7, 11) is 0. The van der Waals surface area contributed by atoms with Crippen LogP contribution < -0.4 is 5.73 Å². The van der Waals surface area contributed by atoms with E-state index in [1.165, 1.54) is 16.7 Å². The number of unbranched alkanes of at least 4 members (excludes halogenated alkanes) is 1. The van der Waals surface area contributed by atoms with Crippen molar-refractivity contribution < 1.29 is 5.11 Å². The van der Waals surface area contributed by atoms with Crippen molar-refractivity contribution in [2.75, 3.05) is 26.2 Å². The lowest BCUT2D eigenvalue weighted by molar-refractivity contribution is 0.271. The normalized spacial score (nSPS) is 18.2. The number of fused-ring (bicyclic) bond motifs is 1. The smallest absolute Gasteiger partial charge is 0.134 e. The van der Waals surface area contributed by atoms with Gasteiger partial charge in [0.05, 0.1) is 5.02 Å². The van der Waals surface area contributed by atoms with Gasteiger partial charge in [-0.2, -0.15) is 0 Å². The van der Waals surface area contributed by atoms with E-state index in [4.69, 9.17) is 17.3 Å². The molecule has 1 unspecified atom stereocenters. The van der Waals surface area contributed by atoms with E-state index in [0.717, 1.165) is 45.4 Å². The lowest BCUT2D eigenvalue weighted by atomic mass is 9.88. The summed E-state index contributed by atoms with van der Waals surface area (Å²) in [6.07, 6.45) is 3.15. The zero-order valence-electron chi connectivity index (χ0n) is 13.9. The van der Waals surface area contributed by atoms with Gasteiger partial charge in [-0.15, -0.1) is 0 Å². The molecule has 0 amide bonds. The van der Waals surface area contributed by atoms with Crippen LogP contribution in [0.5, 0.6) is 5.75 Å². The largest absolute Gasteiger partial charge is 0.506 e. The van der Waals surface area contributed by atoms with Crippen molar-refractivity contribution in [2.45, 2.75) is 25.2 Å². The molecule has 1 aliphatic rings. The van der Waals surface area contributed by atoms with Crippen LogP contribution in [0.15, 0.2) is 42.5 Å². The second-order valence-corrected chi connectivity index (χ2v) is 6.92. The number of phenolic OH excluding ortho intramolecular Hbond substituents is 1. The molecule has 3 N–H and O–H groups in total. The van der Waals surface area contributed by atoms with Gasteiger partial charge < -0.3 is 15.7 Å². The molecule has 0 saturated heterocycles. The van der Waals surface area contributed by atoms with E-state index in [9.17, 15) is 5.11 Å². The third kappa shape index (κ3) is 3.92. The number of rotatable bonds is 5. The van der Waals surface area contributed by atoms with Crippen LogP contribution in [0, 0.1) is 0 Å². The van der Waals surface area contributed by atoms with E-state index in [2.05, 4.69) is 29.2 Å². The molecule has 0 saturated carbocycles. The third-order valence-electron chi connectivity index (χ3n) is 4.85. The molecule has 3 nitrogen and oxygen atoms in total. The summed E-state index contributed by atoms with van der Waals surface area (Å²) in [6, 6.07) is 14.3. The van der Waals surface area contributed by atoms with E-state index in [1.54, 1.807) is 0 Å². The van der Waals surface area contributed by atoms with Crippen molar-refractivity contribution in [1.82, 2.24) is 4.90 Å². The maximum atomic E-state index is 10.1. The van der Waals surface area contributed by atoms with Gasteiger partial charge in [0.25, 0.3) is 0 Å². The van der Waals surface area contributed by atoms with E-state index < -0.39 is 0 Å². The lowest BCUT2D eigenvalue weighted by Gasteiger charge is -2.25. The highest BCUT2D eigenvalue weighted by Gasteiger charge is 2.25. The number of nitrogens with zero attached hydrogens (tertiary/aromatic N) is 1. The molecular formula is C20H25ClN2O. The molecule has 1 aliphatic heterocycles. The number of phenols is 1. The summed E-state index contributed by atoms with van der Waals surface area (Å²) in [5, 5.41) is 10.6. The highest BCUT2D eigenvalue weighted by molar-refractivity contribution is 6.32. The van der Waals surface area contributed by atoms with E-state index >= 15 is 0 Å². The molecule has 0 bridgehead atoms. The quantitative estimate of drug-likeness (QED) is 0.812. The van der Waals surface area contributed by atoms with Crippen LogP contribution in [0.3, 0.4) is 0 Å². The fraction of sp³-hybridized carbons (Fsp3) is 0.400. The maximum absolute atomic E-state index is 10.1. The van der Waals surface area contributed by atoms with Crippen molar-refractivity contribution in [3.8, 4) is 5.75 Å². The summed E-state index contributed by atoms with van der Waals surface area (Å²) in [5.74, 6) is 0.428. The highest BCUT2D eigenvalue weighted by atomic mass is 35.5. The first-order chi connectivity index (χ1) is 11.7. The molecule has 1 atom stereocenters. The SMILES string of the molecule is NCCCCN1CCc2cc(Cl)c(O)cc2C(c2ccccc2)C1. The van der Waals surface area contributed by atoms with E-state index in [1.807, 2.05) is 18.2 Å². The summed E-state index contributed by atoms with van der Waals surface area (Å²) in [5.41, 5.74) is 9.36. The van der Waals surface area contributed by atoms with Gasteiger partial charge in [0.15, 0.2) is 0 Å². The Morgan fingerprint density at radius 3 is 2.71 bits per heavy atom. The number of hydrogen-bond donors (Lipinski definition) is 2. The van der Waals surface area contributed by atoms with Crippen LogP contribution in [0.2, 0.25) is 5.02 Å². The Bertz CT molecular complexity index is 675. The summed E-state index contributed by atoms with van der Waals surface area (Å²) in [4.78, 5) is 2.51. The average Bonchev–Trinajstić information content (AvgIpc) is 2.77. The third-order valence-corrected chi connectivity index (χ3v) is 5.16. The molecule has 0 spiro atoms. The molecule has 24 heavy (non-hydrogen) atoms. The van der Waals surface area contributed by atoms with E-state index in [-0.39, 0.29) is 11.7 Å².